The van der Waals surface area contributed by atoms with Crippen molar-refractivity contribution in [3.05, 3.63) is 56.1 Å². The molecule has 0 aliphatic heterocycles. The van der Waals surface area contributed by atoms with Crippen molar-refractivity contribution in [3.63, 3.8) is 0 Å². The Hall–Kier alpha value is -2.96. The van der Waals surface area contributed by atoms with Crippen molar-refractivity contribution in [2.45, 2.75) is 73.0 Å². The van der Waals surface area contributed by atoms with Gasteiger partial charge in [-0.1, -0.05) is 17.7 Å². The van der Waals surface area contributed by atoms with Crippen LogP contribution in [0.25, 0.3) is 10.9 Å². The number of carbonyl (C=O) groups excluding carboxylic acids is 1. The van der Waals surface area contributed by atoms with Crippen molar-refractivity contribution >= 4 is 16.8 Å². The van der Waals surface area contributed by atoms with Crippen molar-refractivity contribution in [1.29, 1.82) is 0 Å². The number of hydrogen-bond acceptors (Lipinski definition) is 4. The summed E-state index contributed by atoms with van der Waals surface area (Å²) in [6.45, 7) is 11.8. The molecule has 1 aromatic carbocycles. The fourth-order valence-electron chi connectivity index (χ4n) is 4.64. The highest BCUT2D eigenvalue weighted by Crippen LogP contribution is 2.36. The van der Waals surface area contributed by atoms with Gasteiger partial charge in [-0.3, -0.25) is 14.3 Å². The van der Waals surface area contributed by atoms with E-state index < -0.39 is 0 Å². The average molecular weight is 408 g/mol. The molecule has 1 aliphatic rings. The van der Waals surface area contributed by atoms with Crippen LogP contribution in [-0.4, -0.2) is 25.5 Å². The van der Waals surface area contributed by atoms with Gasteiger partial charge < -0.3 is 5.32 Å². The minimum absolute atomic E-state index is 0.112. The van der Waals surface area contributed by atoms with E-state index in [-0.39, 0.29) is 30.1 Å². The van der Waals surface area contributed by atoms with Gasteiger partial charge in [0.2, 0.25) is 5.91 Å². The molecular weight excluding hydrogens is 378 g/mol. The maximum atomic E-state index is 13.1. The first-order valence-corrected chi connectivity index (χ1v) is 10.5. The van der Waals surface area contributed by atoms with Crippen LogP contribution in [0.15, 0.2) is 16.9 Å². The fourth-order valence-corrected chi connectivity index (χ4v) is 4.64. The SMILES string of the molecule is Cc1cc(C)c([C@H](C)NC(=O)Cn2nc(C)c3c(C)nn(C4CC4)c3c2=O)c(C)c1. The molecule has 1 atom stereocenters. The molecule has 7 nitrogen and oxygen atoms in total. The smallest absolute Gasteiger partial charge is 0.293 e. The quantitative estimate of drug-likeness (QED) is 0.703. The Morgan fingerprint density at radius 3 is 2.30 bits per heavy atom. The van der Waals surface area contributed by atoms with E-state index in [9.17, 15) is 9.59 Å². The second kappa shape index (κ2) is 7.38. The first-order valence-electron chi connectivity index (χ1n) is 10.5. The number of benzene rings is 1. The van der Waals surface area contributed by atoms with Gasteiger partial charge in [0.25, 0.3) is 5.56 Å². The Morgan fingerprint density at radius 2 is 1.70 bits per heavy atom. The van der Waals surface area contributed by atoms with Gasteiger partial charge in [-0.15, -0.1) is 0 Å². The van der Waals surface area contributed by atoms with E-state index in [1.165, 1.54) is 10.2 Å². The van der Waals surface area contributed by atoms with Crippen LogP contribution in [0.5, 0.6) is 0 Å². The summed E-state index contributed by atoms with van der Waals surface area (Å²) in [7, 11) is 0. The first-order chi connectivity index (χ1) is 14.2. The molecule has 0 bridgehead atoms. The van der Waals surface area contributed by atoms with E-state index in [0.29, 0.717) is 5.52 Å². The van der Waals surface area contributed by atoms with Crippen LogP contribution in [0.1, 0.15) is 65.5 Å². The van der Waals surface area contributed by atoms with Crippen LogP contribution in [0.3, 0.4) is 0 Å². The summed E-state index contributed by atoms with van der Waals surface area (Å²) < 4.78 is 3.10. The normalized spacial score (nSPS) is 14.9. The van der Waals surface area contributed by atoms with Crippen molar-refractivity contribution < 1.29 is 4.79 Å². The third kappa shape index (κ3) is 3.53. The van der Waals surface area contributed by atoms with E-state index in [4.69, 9.17) is 0 Å². The summed E-state index contributed by atoms with van der Waals surface area (Å²) in [5.74, 6) is -0.232. The molecule has 1 N–H and O–H groups in total. The average Bonchev–Trinajstić information content (AvgIpc) is 3.41. The van der Waals surface area contributed by atoms with Crippen molar-refractivity contribution in [3.8, 4) is 0 Å². The Morgan fingerprint density at radius 1 is 1.10 bits per heavy atom. The summed E-state index contributed by atoms with van der Waals surface area (Å²) in [4.78, 5) is 25.9. The minimum atomic E-state index is -0.256. The highest BCUT2D eigenvalue weighted by atomic mass is 16.2. The third-order valence-electron chi connectivity index (χ3n) is 5.89. The molecule has 2 heterocycles. The molecule has 158 valence electrons. The van der Waals surface area contributed by atoms with Crippen molar-refractivity contribution in [1.82, 2.24) is 24.9 Å². The molecule has 1 amide bonds. The molecule has 4 rings (SSSR count). The zero-order valence-electron chi connectivity index (χ0n) is 18.5. The maximum absolute atomic E-state index is 13.1. The minimum Gasteiger partial charge on any atom is -0.348 e. The molecule has 3 aromatic rings. The Balaban J connectivity index is 1.62. The van der Waals surface area contributed by atoms with Crippen molar-refractivity contribution in [2.75, 3.05) is 0 Å². The highest BCUT2D eigenvalue weighted by molar-refractivity contribution is 5.83. The van der Waals surface area contributed by atoms with E-state index >= 15 is 0 Å². The number of carbonyl (C=O) groups is 1. The lowest BCUT2D eigenvalue weighted by Gasteiger charge is -2.20. The number of nitrogens with one attached hydrogen (secondary N) is 1. The zero-order valence-corrected chi connectivity index (χ0v) is 18.5. The molecule has 2 aromatic heterocycles. The molecule has 0 saturated heterocycles. The Bertz CT molecular complexity index is 1190. The Kier molecular flexibility index (Phi) is 5.00. The largest absolute Gasteiger partial charge is 0.348 e. The van der Waals surface area contributed by atoms with E-state index in [0.717, 1.165) is 46.3 Å². The van der Waals surface area contributed by atoms with Crippen LogP contribution in [-0.2, 0) is 11.3 Å². The molecule has 0 unspecified atom stereocenters. The van der Waals surface area contributed by atoms with Gasteiger partial charge in [-0.2, -0.15) is 10.2 Å². The van der Waals surface area contributed by atoms with Crippen LogP contribution in [0.4, 0.5) is 0 Å². The number of amides is 1. The topological polar surface area (TPSA) is 81.8 Å². The van der Waals surface area contributed by atoms with Crippen LogP contribution in [0, 0.1) is 34.6 Å². The van der Waals surface area contributed by atoms with Crippen LogP contribution >= 0.6 is 0 Å². The number of nitrogens with zero attached hydrogens (tertiary/aromatic N) is 4. The summed E-state index contributed by atoms with van der Waals surface area (Å²) in [6, 6.07) is 4.37. The molecule has 1 aliphatic carbocycles. The molecule has 1 saturated carbocycles. The summed E-state index contributed by atoms with van der Waals surface area (Å²) in [5.41, 5.74) is 6.46. The predicted molar refractivity (Wildman–Crippen MR) is 117 cm³/mol. The summed E-state index contributed by atoms with van der Waals surface area (Å²) >= 11 is 0. The molecule has 0 spiro atoms. The number of fused-ring (bicyclic) bond motifs is 1. The van der Waals surface area contributed by atoms with Gasteiger partial charge >= 0.3 is 0 Å². The predicted octanol–water partition coefficient (Wildman–Crippen LogP) is 3.35. The maximum Gasteiger partial charge on any atom is 0.293 e. The first kappa shape index (κ1) is 20.3. The second-order valence-corrected chi connectivity index (χ2v) is 8.63. The van der Waals surface area contributed by atoms with Gasteiger partial charge in [0.05, 0.1) is 28.9 Å². The monoisotopic (exact) mass is 407 g/mol. The molecular formula is C23H29N5O2. The zero-order chi connectivity index (χ0) is 21.7. The fraction of sp³-hybridized carbons (Fsp3) is 0.478. The number of rotatable bonds is 5. The second-order valence-electron chi connectivity index (χ2n) is 8.63. The van der Waals surface area contributed by atoms with Gasteiger partial charge in [-0.25, -0.2) is 4.68 Å². The molecule has 1 fully saturated rings. The number of hydrogen-bond donors (Lipinski definition) is 1. The lowest BCUT2D eigenvalue weighted by molar-refractivity contribution is -0.122. The van der Waals surface area contributed by atoms with E-state index in [2.05, 4.69) is 48.4 Å². The number of aryl methyl sites for hydroxylation is 5. The van der Waals surface area contributed by atoms with Crippen molar-refractivity contribution in [2.24, 2.45) is 0 Å². The summed E-state index contributed by atoms with van der Waals surface area (Å²) in [5, 5.41) is 12.8. The highest BCUT2D eigenvalue weighted by Gasteiger charge is 2.29. The van der Waals surface area contributed by atoms with Gasteiger partial charge in [0.1, 0.15) is 12.1 Å². The van der Waals surface area contributed by atoms with Gasteiger partial charge in [0.15, 0.2) is 0 Å². The molecule has 0 radical (unpaired) electrons. The van der Waals surface area contributed by atoms with Gasteiger partial charge in [-0.05, 0) is 71.1 Å². The van der Waals surface area contributed by atoms with Crippen LogP contribution < -0.4 is 10.9 Å². The summed E-state index contributed by atoms with van der Waals surface area (Å²) in [6.07, 6.45) is 2.06. The van der Waals surface area contributed by atoms with E-state index in [1.807, 2.05) is 25.5 Å². The molecule has 30 heavy (non-hydrogen) atoms. The van der Waals surface area contributed by atoms with Gasteiger partial charge in [0, 0.05) is 0 Å². The lowest BCUT2D eigenvalue weighted by atomic mass is 9.95. The lowest BCUT2D eigenvalue weighted by Crippen LogP contribution is -2.36. The molecule has 7 heteroatoms. The van der Waals surface area contributed by atoms with E-state index in [1.54, 1.807) is 0 Å². The standard InChI is InChI=1S/C23H29N5O2/c1-12-9-13(2)20(14(3)10-12)15(4)24-19(29)11-27-23(30)22-21(16(5)25-27)17(6)26-28(22)18-7-8-18/h9-10,15,18H,7-8,11H2,1-6H3,(H,24,29)/t15-/m0/s1. The third-order valence-corrected chi connectivity index (χ3v) is 5.89. The Labute approximate surface area is 176 Å². The van der Waals surface area contributed by atoms with Crippen LogP contribution in [0.2, 0.25) is 0 Å². The number of aromatic nitrogens is 4.